The molecule has 1 heterocycles. The lowest BCUT2D eigenvalue weighted by Crippen LogP contribution is -2.55. The predicted octanol–water partition coefficient (Wildman–Crippen LogP) is -1.20. The van der Waals surface area contributed by atoms with Crippen LogP contribution in [0.2, 0.25) is 0 Å². The molecule has 230 valence electrons. The fourth-order valence-corrected chi connectivity index (χ4v) is 5.01. The molecule has 0 unspecified atom stereocenters. The van der Waals surface area contributed by atoms with Gasteiger partial charge in [0.15, 0.2) is 16.9 Å². The lowest BCUT2D eigenvalue weighted by Gasteiger charge is -2.25. The second-order valence-corrected chi connectivity index (χ2v) is 10.6. The summed E-state index contributed by atoms with van der Waals surface area (Å²) in [6, 6.07) is 4.44. The Labute approximate surface area is 248 Å². The highest BCUT2D eigenvalue weighted by atomic mass is 32.1. The third-order valence-corrected chi connectivity index (χ3v) is 7.10. The molecule has 0 saturated carbocycles. The molecule has 15 nitrogen and oxygen atoms in total. The monoisotopic (exact) mass is 603 g/mol. The van der Waals surface area contributed by atoms with E-state index >= 15 is 0 Å². The zero-order chi connectivity index (χ0) is 31.1. The lowest BCUT2D eigenvalue weighted by atomic mass is 10.0. The Morgan fingerprint density at radius 3 is 1.88 bits per heavy atom. The number of carbonyl (C=O) groups is 4. The number of aromatic nitrogens is 1. The maximum absolute atomic E-state index is 13.5. The van der Waals surface area contributed by atoms with Crippen molar-refractivity contribution in [3.05, 3.63) is 29.3 Å². The first-order valence-electron chi connectivity index (χ1n) is 13.6. The van der Waals surface area contributed by atoms with E-state index in [9.17, 15) is 19.2 Å². The van der Waals surface area contributed by atoms with Crippen molar-refractivity contribution in [1.29, 1.82) is 0 Å². The first-order valence-corrected chi connectivity index (χ1v) is 14.4. The SMILES string of the molecule is CC(=O)N[C@H](CCCN=C(N)N)C(=O)N[C@@H](CCCN)C(=O)N[C@@H](CCCN=C(N)N)C(=O)c1nc2ccccc2s1. The van der Waals surface area contributed by atoms with Crippen LogP contribution in [0.3, 0.4) is 0 Å². The molecule has 16 heteroatoms. The van der Waals surface area contributed by atoms with Gasteiger partial charge in [0.1, 0.15) is 12.1 Å². The number of hydrogen-bond donors (Lipinski definition) is 8. The maximum Gasteiger partial charge on any atom is 0.243 e. The first kappa shape index (κ1) is 33.9. The third kappa shape index (κ3) is 11.7. The van der Waals surface area contributed by atoms with E-state index in [1.54, 1.807) is 6.07 Å². The molecule has 1 aromatic heterocycles. The van der Waals surface area contributed by atoms with Gasteiger partial charge in [-0.2, -0.15) is 0 Å². The van der Waals surface area contributed by atoms with Gasteiger partial charge in [-0.15, -0.1) is 11.3 Å². The van der Waals surface area contributed by atoms with E-state index in [4.69, 9.17) is 28.7 Å². The standard InChI is InChI=1S/C26H41N11O4S/c1-15(38)34-18(10-6-14-33-26(30)31)22(40)36-19(8-4-12-27)23(41)35-17(9-5-13-32-25(28)29)21(39)24-37-16-7-2-3-11-20(16)42-24/h2-3,7,11,17-19H,4-6,8-10,12-14,27H2,1H3,(H,34,38)(H,35,41)(H,36,40)(H4,28,29,32)(H4,30,31,33)/t17-,18+,19-/m0/s1. The Hall–Kier alpha value is -4.31. The Bertz CT molecular complexity index is 1240. The van der Waals surface area contributed by atoms with Crippen LogP contribution in [0.15, 0.2) is 34.3 Å². The summed E-state index contributed by atoms with van der Waals surface area (Å²) in [5.74, 6) is -2.07. The summed E-state index contributed by atoms with van der Waals surface area (Å²) >= 11 is 1.23. The Balaban J connectivity index is 2.22. The highest BCUT2D eigenvalue weighted by Gasteiger charge is 2.30. The Kier molecular flexibility index (Phi) is 14.1. The van der Waals surface area contributed by atoms with Gasteiger partial charge in [-0.05, 0) is 57.2 Å². The summed E-state index contributed by atoms with van der Waals surface area (Å²) in [4.78, 5) is 64.2. The van der Waals surface area contributed by atoms with Gasteiger partial charge in [0.05, 0.1) is 16.3 Å². The van der Waals surface area contributed by atoms with Crippen molar-refractivity contribution in [3.63, 3.8) is 0 Å². The summed E-state index contributed by atoms with van der Waals surface area (Å²) in [6.45, 7) is 2.08. The molecular weight excluding hydrogens is 562 g/mol. The lowest BCUT2D eigenvalue weighted by molar-refractivity contribution is -0.132. The zero-order valence-corrected chi connectivity index (χ0v) is 24.5. The number of thiazole rings is 1. The van der Waals surface area contributed by atoms with Crippen molar-refractivity contribution < 1.29 is 19.2 Å². The van der Waals surface area contributed by atoms with E-state index in [0.717, 1.165) is 4.70 Å². The van der Waals surface area contributed by atoms with E-state index in [1.807, 2.05) is 18.2 Å². The number of carbonyl (C=O) groups excluding carboxylic acids is 4. The number of para-hydroxylation sites is 1. The Morgan fingerprint density at radius 1 is 0.810 bits per heavy atom. The quantitative estimate of drug-likeness (QED) is 0.0436. The van der Waals surface area contributed by atoms with Crippen LogP contribution in [-0.4, -0.2) is 78.2 Å². The average molecular weight is 604 g/mol. The van der Waals surface area contributed by atoms with Crippen LogP contribution in [0.1, 0.15) is 55.3 Å². The number of hydrogen-bond acceptors (Lipinski definition) is 9. The molecule has 0 spiro atoms. The molecule has 13 N–H and O–H groups in total. The van der Waals surface area contributed by atoms with Gasteiger partial charge >= 0.3 is 0 Å². The van der Waals surface area contributed by atoms with Crippen molar-refractivity contribution in [2.24, 2.45) is 38.7 Å². The molecule has 1 aromatic carbocycles. The molecule has 2 rings (SSSR count). The van der Waals surface area contributed by atoms with Crippen molar-refractivity contribution in [2.75, 3.05) is 19.6 Å². The van der Waals surface area contributed by atoms with Gasteiger partial charge in [0, 0.05) is 20.0 Å². The van der Waals surface area contributed by atoms with E-state index in [1.165, 1.54) is 18.3 Å². The molecule has 2 aromatic rings. The van der Waals surface area contributed by atoms with Gasteiger partial charge < -0.3 is 44.6 Å². The molecule has 3 amide bonds. The first-order chi connectivity index (χ1) is 20.0. The van der Waals surface area contributed by atoms with Crippen LogP contribution in [0.4, 0.5) is 0 Å². The molecule has 0 bridgehead atoms. The fraction of sp³-hybridized carbons (Fsp3) is 0.500. The molecular formula is C26H41N11O4S. The van der Waals surface area contributed by atoms with Crippen molar-refractivity contribution in [2.45, 2.75) is 63.6 Å². The van der Waals surface area contributed by atoms with Gasteiger partial charge in [-0.3, -0.25) is 29.2 Å². The van der Waals surface area contributed by atoms with Crippen molar-refractivity contribution >= 4 is 57.0 Å². The van der Waals surface area contributed by atoms with Crippen molar-refractivity contribution in [1.82, 2.24) is 20.9 Å². The molecule has 0 fully saturated rings. The number of benzene rings is 1. The van der Waals surface area contributed by atoms with Gasteiger partial charge in [0.25, 0.3) is 0 Å². The number of Topliss-reactive ketones (excluding diaryl/α,β-unsaturated/α-hetero) is 1. The van der Waals surface area contributed by atoms with Gasteiger partial charge in [-0.1, -0.05) is 12.1 Å². The summed E-state index contributed by atoms with van der Waals surface area (Å²) in [5, 5.41) is 8.33. The zero-order valence-electron chi connectivity index (χ0n) is 23.7. The number of guanidine groups is 2. The van der Waals surface area contributed by atoms with Gasteiger partial charge in [0.2, 0.25) is 23.5 Å². The molecule has 3 atom stereocenters. The minimum absolute atomic E-state index is 0.0790. The van der Waals surface area contributed by atoms with E-state index < -0.39 is 35.8 Å². The molecule has 0 aliphatic heterocycles. The van der Waals surface area contributed by atoms with E-state index in [-0.39, 0.29) is 61.6 Å². The van der Waals surface area contributed by atoms with Crippen LogP contribution in [-0.2, 0) is 14.4 Å². The van der Waals surface area contributed by atoms with Gasteiger partial charge in [-0.25, -0.2) is 4.98 Å². The Morgan fingerprint density at radius 2 is 1.33 bits per heavy atom. The average Bonchev–Trinajstić information content (AvgIpc) is 3.37. The number of nitrogens with two attached hydrogens (primary N) is 5. The normalized spacial score (nSPS) is 12.9. The summed E-state index contributed by atoms with van der Waals surface area (Å²) < 4.78 is 0.836. The van der Waals surface area contributed by atoms with Crippen LogP contribution < -0.4 is 44.6 Å². The number of aliphatic imine (C=N–C) groups is 2. The third-order valence-electron chi connectivity index (χ3n) is 6.05. The topological polar surface area (TPSA) is 272 Å². The number of nitrogens with zero attached hydrogens (tertiary/aromatic N) is 3. The number of fused-ring (bicyclic) bond motifs is 1. The second-order valence-electron chi connectivity index (χ2n) is 9.55. The smallest absolute Gasteiger partial charge is 0.243 e. The number of nitrogens with one attached hydrogen (secondary N) is 3. The second kappa shape index (κ2) is 17.5. The highest BCUT2D eigenvalue weighted by Crippen LogP contribution is 2.23. The fourth-order valence-electron chi connectivity index (χ4n) is 4.05. The van der Waals surface area contributed by atoms with E-state index in [2.05, 4.69) is 30.9 Å². The van der Waals surface area contributed by atoms with E-state index in [0.29, 0.717) is 24.8 Å². The van der Waals surface area contributed by atoms with Crippen LogP contribution in [0.25, 0.3) is 10.2 Å². The van der Waals surface area contributed by atoms with Crippen LogP contribution in [0, 0.1) is 0 Å². The minimum Gasteiger partial charge on any atom is -0.370 e. The van der Waals surface area contributed by atoms with Crippen LogP contribution in [0.5, 0.6) is 0 Å². The molecule has 0 aliphatic carbocycles. The van der Waals surface area contributed by atoms with Crippen molar-refractivity contribution in [3.8, 4) is 0 Å². The molecule has 0 radical (unpaired) electrons. The summed E-state index contributed by atoms with van der Waals surface area (Å²) in [5.41, 5.74) is 27.9. The maximum atomic E-state index is 13.5. The molecule has 0 aliphatic rings. The number of ketones is 1. The highest BCUT2D eigenvalue weighted by molar-refractivity contribution is 7.20. The molecule has 0 saturated heterocycles. The number of amides is 3. The predicted molar refractivity (Wildman–Crippen MR) is 164 cm³/mol. The summed E-state index contributed by atoms with van der Waals surface area (Å²) in [7, 11) is 0. The largest absolute Gasteiger partial charge is 0.370 e. The van der Waals surface area contributed by atoms with Crippen LogP contribution >= 0.6 is 11.3 Å². The molecule has 42 heavy (non-hydrogen) atoms. The summed E-state index contributed by atoms with van der Waals surface area (Å²) in [6.07, 6.45) is 1.91. The minimum atomic E-state index is -1.02. The number of rotatable bonds is 18.